The number of carbonyl (C=O) groups is 2. The van der Waals surface area contributed by atoms with Gasteiger partial charge in [-0.2, -0.15) is 0 Å². The van der Waals surface area contributed by atoms with Crippen LogP contribution >= 0.6 is 0 Å². The lowest BCUT2D eigenvalue weighted by molar-refractivity contribution is 0.0600. The summed E-state index contributed by atoms with van der Waals surface area (Å²) in [5.41, 5.74) is 4.40. The first-order valence-corrected chi connectivity index (χ1v) is 7.59. The van der Waals surface area contributed by atoms with Gasteiger partial charge in [0.2, 0.25) is 0 Å². The molecule has 2 N–H and O–H groups in total. The number of benzene rings is 2. The summed E-state index contributed by atoms with van der Waals surface area (Å²) in [6.07, 6.45) is 0. The number of methoxy groups -OCH3 is 1. The van der Waals surface area contributed by atoms with Gasteiger partial charge in [0.15, 0.2) is 0 Å². The Kier molecular flexibility index (Phi) is 4.08. The molecule has 0 saturated carbocycles. The van der Waals surface area contributed by atoms with Crippen LogP contribution in [-0.2, 0) is 4.74 Å². The minimum Gasteiger partial charge on any atom is -0.465 e. The van der Waals surface area contributed by atoms with E-state index in [9.17, 15) is 9.59 Å². The maximum Gasteiger partial charge on any atom is 0.337 e. The Morgan fingerprint density at radius 2 is 1.83 bits per heavy atom. The normalized spacial score (nSPS) is 10.6. The Balaban J connectivity index is 1.95. The number of nitrogens with one attached hydrogen (secondary N) is 2. The Morgan fingerprint density at radius 3 is 2.58 bits per heavy atom. The monoisotopic (exact) mass is 322 g/mol. The second kappa shape index (κ2) is 6.20. The molecule has 0 aliphatic carbocycles. The average molecular weight is 322 g/mol. The number of para-hydroxylation sites is 1. The molecule has 0 aliphatic rings. The van der Waals surface area contributed by atoms with Crippen molar-refractivity contribution in [2.75, 3.05) is 12.4 Å². The van der Waals surface area contributed by atoms with E-state index in [2.05, 4.69) is 10.3 Å². The lowest BCUT2D eigenvalue weighted by Crippen LogP contribution is -2.13. The highest BCUT2D eigenvalue weighted by Crippen LogP contribution is 2.25. The molecular formula is C19H18N2O3. The summed E-state index contributed by atoms with van der Waals surface area (Å²) in [4.78, 5) is 27.6. The standard InChI is InChI=1S/C19H18N2O3/c1-11-6-4-9-15-16(12(2)20-17(11)15)18(22)21-14-8-5-7-13(10-14)19(23)24-3/h4-10,20H,1-3H3,(H,21,22). The molecule has 0 atom stereocenters. The molecule has 1 aromatic heterocycles. The van der Waals surface area contributed by atoms with Crippen LogP contribution in [0.4, 0.5) is 5.69 Å². The maximum absolute atomic E-state index is 12.7. The number of fused-ring (bicyclic) bond motifs is 1. The third-order valence-corrected chi connectivity index (χ3v) is 4.00. The van der Waals surface area contributed by atoms with Gasteiger partial charge in [0.05, 0.1) is 18.2 Å². The molecule has 5 nitrogen and oxygen atoms in total. The molecule has 24 heavy (non-hydrogen) atoms. The van der Waals surface area contributed by atoms with Gasteiger partial charge in [-0.3, -0.25) is 4.79 Å². The topological polar surface area (TPSA) is 71.2 Å². The second-order valence-corrected chi connectivity index (χ2v) is 5.65. The van der Waals surface area contributed by atoms with E-state index in [1.165, 1.54) is 7.11 Å². The zero-order chi connectivity index (χ0) is 17.3. The highest BCUT2D eigenvalue weighted by Gasteiger charge is 2.17. The molecule has 0 bridgehead atoms. The molecule has 2 aromatic carbocycles. The summed E-state index contributed by atoms with van der Waals surface area (Å²) < 4.78 is 4.70. The van der Waals surface area contributed by atoms with Gasteiger partial charge in [-0.15, -0.1) is 0 Å². The van der Waals surface area contributed by atoms with Crippen LogP contribution < -0.4 is 5.32 Å². The number of esters is 1. The van der Waals surface area contributed by atoms with Crippen LogP contribution in [0.15, 0.2) is 42.5 Å². The van der Waals surface area contributed by atoms with E-state index in [0.29, 0.717) is 16.8 Å². The minimum absolute atomic E-state index is 0.216. The largest absolute Gasteiger partial charge is 0.465 e. The van der Waals surface area contributed by atoms with Gasteiger partial charge < -0.3 is 15.0 Å². The lowest BCUT2D eigenvalue weighted by Gasteiger charge is -2.07. The number of H-pyrrole nitrogens is 1. The van der Waals surface area contributed by atoms with Gasteiger partial charge in [0, 0.05) is 22.3 Å². The number of hydrogen-bond acceptors (Lipinski definition) is 3. The number of aromatic nitrogens is 1. The number of amides is 1. The molecule has 1 heterocycles. The van der Waals surface area contributed by atoms with Crippen LogP contribution in [0.2, 0.25) is 0 Å². The first-order chi connectivity index (χ1) is 11.5. The molecule has 0 unspecified atom stereocenters. The van der Waals surface area contributed by atoms with Crippen LogP contribution in [0.5, 0.6) is 0 Å². The van der Waals surface area contributed by atoms with E-state index >= 15 is 0 Å². The van der Waals surface area contributed by atoms with Crippen molar-refractivity contribution in [2.24, 2.45) is 0 Å². The second-order valence-electron chi connectivity index (χ2n) is 5.65. The first-order valence-electron chi connectivity index (χ1n) is 7.59. The van der Waals surface area contributed by atoms with Crippen molar-refractivity contribution in [3.63, 3.8) is 0 Å². The third-order valence-electron chi connectivity index (χ3n) is 4.00. The van der Waals surface area contributed by atoms with Gasteiger partial charge >= 0.3 is 5.97 Å². The Hall–Kier alpha value is -3.08. The number of aromatic amines is 1. The zero-order valence-corrected chi connectivity index (χ0v) is 13.8. The van der Waals surface area contributed by atoms with Gasteiger partial charge in [0.25, 0.3) is 5.91 Å². The van der Waals surface area contributed by atoms with Crippen LogP contribution in [0.25, 0.3) is 10.9 Å². The van der Waals surface area contributed by atoms with Gasteiger partial charge in [-0.25, -0.2) is 4.79 Å². The summed E-state index contributed by atoms with van der Waals surface area (Å²) in [7, 11) is 1.32. The minimum atomic E-state index is -0.440. The molecule has 1 amide bonds. The van der Waals surface area contributed by atoms with Crippen LogP contribution in [-0.4, -0.2) is 24.0 Å². The molecule has 0 aliphatic heterocycles. The third kappa shape index (κ3) is 2.76. The fraction of sp³-hybridized carbons (Fsp3) is 0.158. The van der Waals surface area contributed by atoms with E-state index in [4.69, 9.17) is 4.74 Å². The van der Waals surface area contributed by atoms with E-state index < -0.39 is 5.97 Å². The summed E-state index contributed by atoms with van der Waals surface area (Å²) in [6.45, 7) is 3.87. The number of aryl methyl sites for hydroxylation is 2. The summed E-state index contributed by atoms with van der Waals surface area (Å²) >= 11 is 0. The Labute approximate surface area is 139 Å². The van der Waals surface area contributed by atoms with E-state index in [1.807, 2.05) is 32.0 Å². The molecule has 0 saturated heterocycles. The predicted octanol–water partition coefficient (Wildman–Crippen LogP) is 3.82. The predicted molar refractivity (Wildman–Crippen MR) is 93.5 cm³/mol. The number of ether oxygens (including phenoxy) is 1. The van der Waals surface area contributed by atoms with Crippen molar-refractivity contribution in [1.82, 2.24) is 4.98 Å². The van der Waals surface area contributed by atoms with Gasteiger partial charge in [-0.1, -0.05) is 24.3 Å². The van der Waals surface area contributed by atoms with Crippen molar-refractivity contribution < 1.29 is 14.3 Å². The summed E-state index contributed by atoms with van der Waals surface area (Å²) in [5, 5.41) is 3.73. The number of rotatable bonds is 3. The van der Waals surface area contributed by atoms with E-state index in [1.54, 1.807) is 24.3 Å². The van der Waals surface area contributed by atoms with Crippen molar-refractivity contribution in [3.8, 4) is 0 Å². The molecule has 0 spiro atoms. The molecular weight excluding hydrogens is 304 g/mol. The molecule has 0 radical (unpaired) electrons. The number of anilines is 1. The molecule has 3 rings (SSSR count). The van der Waals surface area contributed by atoms with Crippen LogP contribution in [0.1, 0.15) is 32.0 Å². The van der Waals surface area contributed by atoms with Crippen molar-refractivity contribution >= 4 is 28.5 Å². The molecule has 3 aromatic rings. The maximum atomic E-state index is 12.7. The van der Waals surface area contributed by atoms with Crippen molar-refractivity contribution in [3.05, 3.63) is 64.8 Å². The van der Waals surface area contributed by atoms with E-state index in [-0.39, 0.29) is 5.91 Å². The highest BCUT2D eigenvalue weighted by atomic mass is 16.5. The Bertz CT molecular complexity index is 941. The fourth-order valence-electron chi connectivity index (χ4n) is 2.82. The SMILES string of the molecule is COC(=O)c1cccc(NC(=O)c2c(C)[nH]c3c(C)cccc23)c1. The molecule has 0 fully saturated rings. The van der Waals surface area contributed by atoms with Crippen molar-refractivity contribution in [1.29, 1.82) is 0 Å². The highest BCUT2D eigenvalue weighted by molar-refractivity contribution is 6.14. The van der Waals surface area contributed by atoms with Gasteiger partial charge in [0.1, 0.15) is 0 Å². The number of hydrogen-bond donors (Lipinski definition) is 2. The molecule has 122 valence electrons. The first kappa shape index (κ1) is 15.8. The summed E-state index contributed by atoms with van der Waals surface area (Å²) in [5.74, 6) is -0.656. The molecule has 5 heteroatoms. The lowest BCUT2D eigenvalue weighted by atomic mass is 10.1. The van der Waals surface area contributed by atoms with Crippen LogP contribution in [0, 0.1) is 13.8 Å². The quantitative estimate of drug-likeness (QED) is 0.720. The fourth-order valence-corrected chi connectivity index (χ4v) is 2.82. The van der Waals surface area contributed by atoms with Crippen molar-refractivity contribution in [2.45, 2.75) is 13.8 Å². The zero-order valence-electron chi connectivity index (χ0n) is 13.8. The smallest absolute Gasteiger partial charge is 0.337 e. The average Bonchev–Trinajstić information content (AvgIpc) is 2.92. The van der Waals surface area contributed by atoms with Crippen LogP contribution in [0.3, 0.4) is 0 Å². The Morgan fingerprint density at radius 1 is 1.08 bits per heavy atom. The van der Waals surface area contributed by atoms with E-state index in [0.717, 1.165) is 22.2 Å². The van der Waals surface area contributed by atoms with Gasteiger partial charge in [-0.05, 0) is 37.6 Å². The summed E-state index contributed by atoms with van der Waals surface area (Å²) in [6, 6.07) is 12.5. The number of carbonyl (C=O) groups excluding carboxylic acids is 2.